The minimum Gasteiger partial charge on any atom is -0.319 e. The van der Waals surface area contributed by atoms with Gasteiger partial charge < -0.3 is 5.32 Å². The Morgan fingerprint density at radius 1 is 1.53 bits per heavy atom. The zero-order valence-electron chi connectivity index (χ0n) is 9.21. The topological polar surface area (TPSA) is 70.7 Å². The minimum atomic E-state index is -0.255. The molecule has 0 aliphatic heterocycles. The monoisotopic (exact) mass is 226 g/mol. The van der Waals surface area contributed by atoms with Gasteiger partial charge in [0.15, 0.2) is 0 Å². The van der Waals surface area contributed by atoms with Crippen LogP contribution in [0.2, 0.25) is 0 Å². The van der Waals surface area contributed by atoms with Crippen molar-refractivity contribution in [1.29, 1.82) is 5.26 Å². The molecule has 0 unspecified atom stereocenters. The van der Waals surface area contributed by atoms with Crippen LogP contribution in [0.15, 0.2) is 36.7 Å². The van der Waals surface area contributed by atoms with Gasteiger partial charge in [0.05, 0.1) is 23.5 Å². The summed E-state index contributed by atoms with van der Waals surface area (Å²) < 4.78 is 1.60. The first-order valence-corrected chi connectivity index (χ1v) is 4.99. The summed E-state index contributed by atoms with van der Waals surface area (Å²) in [6, 6.07) is 8.53. The molecule has 1 aromatic heterocycles. The second kappa shape index (κ2) is 4.49. The molecule has 1 N–H and O–H groups in total. The van der Waals surface area contributed by atoms with Gasteiger partial charge in [-0.15, -0.1) is 0 Å². The van der Waals surface area contributed by atoms with E-state index >= 15 is 0 Å². The fourth-order valence-corrected chi connectivity index (χ4v) is 1.42. The van der Waals surface area contributed by atoms with Gasteiger partial charge in [0.1, 0.15) is 0 Å². The Balaban J connectivity index is 2.17. The van der Waals surface area contributed by atoms with E-state index in [9.17, 15) is 4.79 Å². The lowest BCUT2D eigenvalue weighted by molar-refractivity contribution is 0.102. The van der Waals surface area contributed by atoms with E-state index in [0.717, 1.165) is 0 Å². The Morgan fingerprint density at radius 3 is 3.00 bits per heavy atom. The van der Waals surface area contributed by atoms with Crippen molar-refractivity contribution in [3.05, 3.63) is 47.8 Å². The fraction of sp³-hybridized carbons (Fsp3) is 0.0833. The van der Waals surface area contributed by atoms with Crippen LogP contribution in [-0.4, -0.2) is 15.7 Å². The summed E-state index contributed by atoms with van der Waals surface area (Å²) in [6.07, 6.45) is 3.26. The van der Waals surface area contributed by atoms with Gasteiger partial charge >= 0.3 is 0 Å². The molecular formula is C12H10N4O. The second-order valence-electron chi connectivity index (χ2n) is 3.55. The molecule has 84 valence electrons. The van der Waals surface area contributed by atoms with E-state index in [1.165, 1.54) is 0 Å². The third kappa shape index (κ3) is 2.49. The van der Waals surface area contributed by atoms with Crippen LogP contribution in [-0.2, 0) is 7.05 Å². The summed E-state index contributed by atoms with van der Waals surface area (Å²) in [7, 11) is 1.77. The molecule has 0 saturated heterocycles. The molecule has 0 radical (unpaired) electrons. The summed E-state index contributed by atoms with van der Waals surface area (Å²) in [5, 5.41) is 15.4. The van der Waals surface area contributed by atoms with E-state index in [0.29, 0.717) is 16.8 Å². The third-order valence-corrected chi connectivity index (χ3v) is 2.22. The molecule has 17 heavy (non-hydrogen) atoms. The Labute approximate surface area is 98.3 Å². The molecule has 0 fully saturated rings. The van der Waals surface area contributed by atoms with E-state index < -0.39 is 0 Å². The minimum absolute atomic E-state index is 0.255. The molecule has 2 aromatic rings. The van der Waals surface area contributed by atoms with Crippen molar-refractivity contribution < 1.29 is 4.79 Å². The average molecular weight is 226 g/mol. The number of benzene rings is 1. The van der Waals surface area contributed by atoms with Gasteiger partial charge in [-0.1, -0.05) is 6.07 Å². The SMILES string of the molecule is Cn1cc(NC(=O)c2cccc(C#N)c2)cn1. The van der Waals surface area contributed by atoms with Gasteiger partial charge in [-0.2, -0.15) is 10.4 Å². The molecule has 5 heteroatoms. The van der Waals surface area contributed by atoms with Gasteiger partial charge in [0.2, 0.25) is 0 Å². The zero-order valence-corrected chi connectivity index (χ0v) is 9.21. The first-order chi connectivity index (χ1) is 8.19. The lowest BCUT2D eigenvalue weighted by Gasteiger charge is -2.02. The molecule has 2 rings (SSSR count). The maximum Gasteiger partial charge on any atom is 0.255 e. The molecule has 0 bridgehead atoms. The molecule has 1 amide bonds. The van der Waals surface area contributed by atoms with E-state index in [2.05, 4.69) is 10.4 Å². The maximum atomic E-state index is 11.8. The number of amides is 1. The van der Waals surface area contributed by atoms with E-state index in [1.807, 2.05) is 6.07 Å². The van der Waals surface area contributed by atoms with E-state index in [-0.39, 0.29) is 5.91 Å². The van der Waals surface area contributed by atoms with Crippen LogP contribution >= 0.6 is 0 Å². The van der Waals surface area contributed by atoms with Crippen LogP contribution in [0.3, 0.4) is 0 Å². The molecule has 0 atom stereocenters. The number of aromatic nitrogens is 2. The summed E-state index contributed by atoms with van der Waals surface area (Å²) in [4.78, 5) is 11.8. The molecule has 0 saturated carbocycles. The van der Waals surface area contributed by atoms with Crippen molar-refractivity contribution in [2.24, 2.45) is 7.05 Å². The van der Waals surface area contributed by atoms with Gasteiger partial charge in [-0.05, 0) is 18.2 Å². The Morgan fingerprint density at radius 2 is 2.35 bits per heavy atom. The highest BCUT2D eigenvalue weighted by molar-refractivity contribution is 6.04. The number of carbonyl (C=O) groups excluding carboxylic acids is 1. The van der Waals surface area contributed by atoms with Gasteiger partial charge in [0, 0.05) is 18.8 Å². The van der Waals surface area contributed by atoms with Crippen LogP contribution < -0.4 is 5.32 Å². The van der Waals surface area contributed by atoms with E-state index in [4.69, 9.17) is 5.26 Å². The van der Waals surface area contributed by atoms with Crippen molar-refractivity contribution in [3.8, 4) is 6.07 Å². The average Bonchev–Trinajstić information content (AvgIpc) is 2.75. The highest BCUT2D eigenvalue weighted by Gasteiger charge is 2.07. The number of hydrogen-bond acceptors (Lipinski definition) is 3. The number of nitriles is 1. The van der Waals surface area contributed by atoms with Crippen LogP contribution in [0.5, 0.6) is 0 Å². The number of carbonyl (C=O) groups is 1. The molecule has 0 spiro atoms. The smallest absolute Gasteiger partial charge is 0.255 e. The van der Waals surface area contributed by atoms with E-state index in [1.54, 1.807) is 48.4 Å². The van der Waals surface area contributed by atoms with Crippen molar-refractivity contribution in [3.63, 3.8) is 0 Å². The normalized spacial score (nSPS) is 9.65. The molecule has 1 aromatic carbocycles. The molecule has 5 nitrogen and oxygen atoms in total. The number of aryl methyl sites for hydroxylation is 1. The van der Waals surface area contributed by atoms with Gasteiger partial charge in [-0.25, -0.2) is 0 Å². The first-order valence-electron chi connectivity index (χ1n) is 4.99. The van der Waals surface area contributed by atoms with Crippen molar-refractivity contribution in [1.82, 2.24) is 9.78 Å². The standard InChI is InChI=1S/C12H10N4O/c1-16-8-11(7-14-16)15-12(17)10-4-2-3-9(5-10)6-13/h2-5,7-8H,1H3,(H,15,17). The van der Waals surface area contributed by atoms with Crippen molar-refractivity contribution in [2.45, 2.75) is 0 Å². The highest BCUT2D eigenvalue weighted by Crippen LogP contribution is 2.09. The quantitative estimate of drug-likeness (QED) is 0.844. The first kappa shape index (κ1) is 10.9. The highest BCUT2D eigenvalue weighted by atomic mass is 16.1. The fourth-order valence-electron chi connectivity index (χ4n) is 1.42. The van der Waals surface area contributed by atoms with Crippen LogP contribution in [0.25, 0.3) is 0 Å². The van der Waals surface area contributed by atoms with Crippen LogP contribution in [0.4, 0.5) is 5.69 Å². The Bertz CT molecular complexity index is 595. The summed E-state index contributed by atoms with van der Waals surface area (Å²) in [5.41, 5.74) is 1.54. The third-order valence-electron chi connectivity index (χ3n) is 2.22. The maximum absolute atomic E-state index is 11.8. The summed E-state index contributed by atoms with van der Waals surface area (Å²) >= 11 is 0. The molecule has 0 aliphatic carbocycles. The van der Waals surface area contributed by atoms with Crippen LogP contribution in [0.1, 0.15) is 15.9 Å². The summed E-state index contributed by atoms with van der Waals surface area (Å²) in [6.45, 7) is 0. The number of nitrogens with one attached hydrogen (secondary N) is 1. The lowest BCUT2D eigenvalue weighted by atomic mass is 10.1. The lowest BCUT2D eigenvalue weighted by Crippen LogP contribution is -2.11. The predicted octanol–water partition coefficient (Wildman–Crippen LogP) is 1.54. The van der Waals surface area contributed by atoms with Gasteiger partial charge in [-0.3, -0.25) is 9.48 Å². The second-order valence-corrected chi connectivity index (χ2v) is 3.55. The number of rotatable bonds is 2. The Kier molecular flexibility index (Phi) is 2.88. The molecule has 1 heterocycles. The Hall–Kier alpha value is -2.61. The van der Waals surface area contributed by atoms with Crippen molar-refractivity contribution in [2.75, 3.05) is 5.32 Å². The van der Waals surface area contributed by atoms with Crippen molar-refractivity contribution >= 4 is 11.6 Å². The molecular weight excluding hydrogens is 216 g/mol. The predicted molar refractivity (Wildman–Crippen MR) is 62.3 cm³/mol. The largest absolute Gasteiger partial charge is 0.319 e. The number of nitrogens with zero attached hydrogens (tertiary/aromatic N) is 3. The number of anilines is 1. The van der Waals surface area contributed by atoms with Crippen LogP contribution in [0, 0.1) is 11.3 Å². The van der Waals surface area contributed by atoms with Gasteiger partial charge in [0.25, 0.3) is 5.91 Å². The zero-order chi connectivity index (χ0) is 12.3. The molecule has 0 aliphatic rings. The summed E-state index contributed by atoms with van der Waals surface area (Å²) in [5.74, 6) is -0.255. The number of hydrogen-bond donors (Lipinski definition) is 1.